The maximum Gasteiger partial charge on any atom is 0.439 e. The highest BCUT2D eigenvalue weighted by atomic mass is 35.5. The number of hydrogen-bond donors (Lipinski definition) is 1. The number of hydrogen-bond acceptors (Lipinski definition) is 8. The highest BCUT2D eigenvalue weighted by molar-refractivity contribution is 6.30. The van der Waals surface area contributed by atoms with E-state index in [2.05, 4.69) is 38.4 Å². The van der Waals surface area contributed by atoms with E-state index >= 15 is 0 Å². The number of anilines is 1. The molecule has 0 aromatic carbocycles. The molecule has 2 aliphatic carbocycles. The highest BCUT2D eigenvalue weighted by Gasteiger charge is 2.41. The minimum atomic E-state index is -0.629. The van der Waals surface area contributed by atoms with Crippen molar-refractivity contribution in [3.63, 3.8) is 0 Å². The lowest BCUT2D eigenvalue weighted by molar-refractivity contribution is -0.0289. The van der Waals surface area contributed by atoms with Crippen LogP contribution in [0, 0.1) is 11.8 Å². The van der Waals surface area contributed by atoms with Gasteiger partial charge in [-0.1, -0.05) is 36.5 Å². The van der Waals surface area contributed by atoms with Gasteiger partial charge in [0.1, 0.15) is 5.69 Å². The van der Waals surface area contributed by atoms with Gasteiger partial charge in [0, 0.05) is 31.0 Å². The summed E-state index contributed by atoms with van der Waals surface area (Å²) in [6, 6.07) is 4.06. The normalized spacial score (nSPS) is 26.9. The van der Waals surface area contributed by atoms with Crippen molar-refractivity contribution in [2.24, 2.45) is 11.8 Å². The van der Waals surface area contributed by atoms with Gasteiger partial charge in [0.15, 0.2) is 0 Å². The van der Waals surface area contributed by atoms with E-state index in [1.807, 2.05) is 12.1 Å². The van der Waals surface area contributed by atoms with Crippen LogP contribution < -0.4 is 10.7 Å². The van der Waals surface area contributed by atoms with Crippen molar-refractivity contribution < 1.29 is 9.26 Å². The lowest BCUT2D eigenvalue weighted by Crippen LogP contribution is -2.53. The summed E-state index contributed by atoms with van der Waals surface area (Å²) >= 11 is 6.41. The molecule has 10 nitrogen and oxygen atoms in total. The summed E-state index contributed by atoms with van der Waals surface area (Å²) < 4.78 is 13.6. The van der Waals surface area contributed by atoms with Crippen LogP contribution in [-0.2, 0) is 11.3 Å². The van der Waals surface area contributed by atoms with Crippen LogP contribution in [0.5, 0.6) is 0 Å². The van der Waals surface area contributed by atoms with E-state index in [1.54, 1.807) is 12.4 Å². The average Bonchev–Trinajstić information content (AvgIpc) is 3.68. The van der Waals surface area contributed by atoms with Crippen molar-refractivity contribution in [2.75, 3.05) is 11.4 Å². The van der Waals surface area contributed by atoms with Crippen LogP contribution in [0.4, 0.5) is 5.95 Å². The van der Waals surface area contributed by atoms with Gasteiger partial charge >= 0.3 is 5.76 Å². The van der Waals surface area contributed by atoms with Crippen LogP contribution in [0.2, 0.25) is 5.02 Å². The van der Waals surface area contributed by atoms with Crippen LogP contribution in [0.15, 0.2) is 33.8 Å². The van der Waals surface area contributed by atoms with Gasteiger partial charge in [-0.15, -0.1) is 0 Å². The molecule has 0 bridgehead atoms. The number of rotatable bonds is 5. The van der Waals surface area contributed by atoms with Crippen molar-refractivity contribution in [3.05, 3.63) is 40.1 Å². The van der Waals surface area contributed by atoms with E-state index in [9.17, 15) is 4.79 Å². The average molecular weight is 564 g/mol. The molecule has 4 aromatic rings. The monoisotopic (exact) mass is 563 g/mol. The van der Waals surface area contributed by atoms with E-state index < -0.39 is 5.76 Å². The summed E-state index contributed by atoms with van der Waals surface area (Å²) in [7, 11) is 0. The van der Waals surface area contributed by atoms with Crippen LogP contribution in [0.25, 0.3) is 33.8 Å². The molecular formula is C29H34ClN7O3. The molecule has 4 aromatic heterocycles. The summed E-state index contributed by atoms with van der Waals surface area (Å²) in [6.45, 7) is 6.16. The molecular weight excluding hydrogens is 530 g/mol. The molecule has 11 heteroatoms. The van der Waals surface area contributed by atoms with Crippen molar-refractivity contribution in [1.82, 2.24) is 29.7 Å². The third-order valence-corrected chi connectivity index (χ3v) is 9.08. The predicted molar refractivity (Wildman–Crippen MR) is 152 cm³/mol. The van der Waals surface area contributed by atoms with E-state index in [4.69, 9.17) is 30.8 Å². The lowest BCUT2D eigenvalue weighted by atomic mass is 9.83. The van der Waals surface area contributed by atoms with E-state index in [1.165, 1.54) is 25.7 Å². The Hall–Kier alpha value is -3.24. The molecule has 3 fully saturated rings. The number of nitrogens with one attached hydrogen (secondary N) is 1. The first-order chi connectivity index (χ1) is 19.4. The SMILES string of the molecule is CC1CN(c2nc3cc(-c4noc(=O)[nH]4)nc(-c4cncc(Cl)c4)c3n2C[C@H]2CC[C@H](C)CC2)C2CCCC2O1. The molecule has 3 aliphatic rings. The second-order valence-corrected chi connectivity index (χ2v) is 12.3. The van der Waals surface area contributed by atoms with Gasteiger partial charge in [-0.25, -0.2) is 14.8 Å². The van der Waals surface area contributed by atoms with Gasteiger partial charge < -0.3 is 14.2 Å². The van der Waals surface area contributed by atoms with Crippen molar-refractivity contribution >= 4 is 28.6 Å². The van der Waals surface area contributed by atoms with Gasteiger partial charge in [0.2, 0.25) is 11.8 Å². The molecule has 0 amide bonds. The summed E-state index contributed by atoms with van der Waals surface area (Å²) in [5.41, 5.74) is 3.70. The van der Waals surface area contributed by atoms with Crippen LogP contribution in [-0.4, -0.2) is 54.5 Å². The molecule has 0 radical (unpaired) electrons. The standard InChI is InChI=1S/C29H34ClN7O3/c1-16-6-8-18(9-7-16)15-37-26-21(33-28(37)36-14-17(2)39-24-5-3-4-23(24)36)11-22(27-34-29(38)40-35-27)32-25(26)19-10-20(30)13-31-12-19/h10-13,16-18,23-24H,3-9,14-15H2,1-2H3,(H,34,35,38)/t16-,17?,18-,23?,24?. The van der Waals surface area contributed by atoms with Crippen molar-refractivity contribution in [2.45, 2.75) is 83.6 Å². The minimum absolute atomic E-state index is 0.119. The Morgan fingerprint density at radius 2 is 1.93 bits per heavy atom. The number of aromatic amines is 1. The van der Waals surface area contributed by atoms with Crippen LogP contribution in [0.1, 0.15) is 58.8 Å². The van der Waals surface area contributed by atoms with E-state index in [0.29, 0.717) is 28.4 Å². The first-order valence-corrected chi connectivity index (χ1v) is 14.8. The van der Waals surface area contributed by atoms with Crippen LogP contribution in [0.3, 0.4) is 0 Å². The van der Waals surface area contributed by atoms with E-state index in [0.717, 1.165) is 60.8 Å². The fourth-order valence-electron chi connectivity index (χ4n) is 6.92. The molecule has 40 heavy (non-hydrogen) atoms. The van der Waals surface area contributed by atoms with Crippen molar-refractivity contribution in [3.8, 4) is 22.8 Å². The molecule has 210 valence electrons. The molecule has 7 rings (SSSR count). The van der Waals surface area contributed by atoms with Gasteiger partial charge in [-0.05, 0) is 63.0 Å². The summed E-state index contributed by atoms with van der Waals surface area (Å²) in [4.78, 5) is 31.6. The molecule has 1 N–H and O–H groups in total. The number of nitrogens with zero attached hydrogens (tertiary/aromatic N) is 6. The Kier molecular flexibility index (Phi) is 6.62. The predicted octanol–water partition coefficient (Wildman–Crippen LogP) is 5.46. The number of fused-ring (bicyclic) bond motifs is 2. The first kappa shape index (κ1) is 25.7. The fourth-order valence-corrected chi connectivity index (χ4v) is 7.09. The number of ether oxygens (including phenoxy) is 1. The largest absolute Gasteiger partial charge is 0.439 e. The Labute approximate surface area is 237 Å². The highest BCUT2D eigenvalue weighted by Crippen LogP contribution is 2.40. The van der Waals surface area contributed by atoms with Gasteiger partial charge in [0.25, 0.3) is 0 Å². The Bertz CT molecular complexity index is 1590. The quantitative estimate of drug-likeness (QED) is 0.340. The number of imidazole rings is 1. The van der Waals surface area contributed by atoms with Gasteiger partial charge in [0.05, 0.1) is 40.0 Å². The second kappa shape index (κ2) is 10.3. The Morgan fingerprint density at radius 1 is 1.07 bits per heavy atom. The Morgan fingerprint density at radius 3 is 2.70 bits per heavy atom. The first-order valence-electron chi connectivity index (χ1n) is 14.4. The Balaban J connectivity index is 1.45. The topological polar surface area (TPSA) is 115 Å². The molecule has 1 saturated heterocycles. The second-order valence-electron chi connectivity index (χ2n) is 11.8. The molecule has 0 spiro atoms. The zero-order valence-electron chi connectivity index (χ0n) is 22.8. The summed E-state index contributed by atoms with van der Waals surface area (Å²) in [5, 5.41) is 4.43. The number of pyridine rings is 2. The summed E-state index contributed by atoms with van der Waals surface area (Å²) in [5.74, 6) is 1.93. The van der Waals surface area contributed by atoms with Crippen LogP contribution >= 0.6 is 11.6 Å². The molecule has 1 aliphatic heterocycles. The maximum absolute atomic E-state index is 11.8. The van der Waals surface area contributed by atoms with Gasteiger partial charge in [-0.3, -0.25) is 14.5 Å². The zero-order valence-corrected chi connectivity index (χ0v) is 23.6. The van der Waals surface area contributed by atoms with Gasteiger partial charge in [-0.2, -0.15) is 0 Å². The molecule has 3 atom stereocenters. The zero-order chi connectivity index (χ0) is 27.4. The number of halogens is 1. The maximum atomic E-state index is 11.8. The third-order valence-electron chi connectivity index (χ3n) is 8.88. The lowest BCUT2D eigenvalue weighted by Gasteiger charge is -2.42. The van der Waals surface area contributed by atoms with E-state index in [-0.39, 0.29) is 18.0 Å². The number of aromatic nitrogens is 6. The number of morpholine rings is 1. The third kappa shape index (κ3) is 4.71. The number of H-pyrrole nitrogens is 1. The summed E-state index contributed by atoms with van der Waals surface area (Å²) in [6.07, 6.45) is 12.0. The molecule has 5 heterocycles. The smallest absolute Gasteiger partial charge is 0.371 e. The fraction of sp³-hybridized carbons (Fsp3) is 0.552. The van der Waals surface area contributed by atoms with Crippen molar-refractivity contribution in [1.29, 1.82) is 0 Å². The molecule has 2 saturated carbocycles. The molecule has 3 unspecified atom stereocenters. The minimum Gasteiger partial charge on any atom is -0.371 e.